The van der Waals surface area contributed by atoms with Crippen LogP contribution in [0.4, 0.5) is 5.69 Å². The molecule has 2 nitrogen and oxygen atoms in total. The SMILES string of the molecule is CC.CC.CNc1cc(C)ccc1C(C)=N. The van der Waals surface area contributed by atoms with E-state index in [0.717, 1.165) is 11.3 Å². The number of anilines is 1. The Morgan fingerprint density at radius 1 is 1.12 bits per heavy atom. The average molecular weight is 222 g/mol. The minimum absolute atomic E-state index is 0.597. The van der Waals surface area contributed by atoms with Crippen molar-refractivity contribution in [3.8, 4) is 0 Å². The molecule has 0 aliphatic carbocycles. The Balaban J connectivity index is 0. The zero-order chi connectivity index (χ0) is 13.1. The van der Waals surface area contributed by atoms with Crippen LogP contribution in [-0.4, -0.2) is 12.8 Å². The summed E-state index contributed by atoms with van der Waals surface area (Å²) in [6.45, 7) is 11.8. The molecule has 0 radical (unpaired) electrons. The monoisotopic (exact) mass is 222 g/mol. The fraction of sp³-hybridized carbons (Fsp3) is 0.500. The largest absolute Gasteiger partial charge is 0.388 e. The topological polar surface area (TPSA) is 35.9 Å². The predicted molar refractivity (Wildman–Crippen MR) is 75.9 cm³/mol. The van der Waals surface area contributed by atoms with Gasteiger partial charge >= 0.3 is 0 Å². The molecular weight excluding hydrogens is 196 g/mol. The Morgan fingerprint density at radius 2 is 1.62 bits per heavy atom. The van der Waals surface area contributed by atoms with Crippen LogP contribution in [0.2, 0.25) is 0 Å². The molecule has 16 heavy (non-hydrogen) atoms. The average Bonchev–Trinajstić information content (AvgIpc) is 2.33. The van der Waals surface area contributed by atoms with Crippen molar-refractivity contribution in [2.45, 2.75) is 41.5 Å². The molecule has 2 heteroatoms. The highest BCUT2D eigenvalue weighted by Gasteiger charge is 2.01. The summed E-state index contributed by atoms with van der Waals surface area (Å²) in [4.78, 5) is 0. The first-order chi connectivity index (χ1) is 7.65. The van der Waals surface area contributed by atoms with Crippen molar-refractivity contribution >= 4 is 11.4 Å². The molecule has 92 valence electrons. The van der Waals surface area contributed by atoms with E-state index in [0.29, 0.717) is 5.71 Å². The Bertz CT molecular complexity index is 304. The highest BCUT2D eigenvalue weighted by Crippen LogP contribution is 2.16. The molecule has 0 heterocycles. The maximum absolute atomic E-state index is 7.51. The minimum Gasteiger partial charge on any atom is -0.388 e. The molecule has 0 unspecified atom stereocenters. The molecule has 0 atom stereocenters. The van der Waals surface area contributed by atoms with Crippen molar-refractivity contribution in [3.05, 3.63) is 29.3 Å². The molecule has 1 rings (SSSR count). The zero-order valence-electron chi connectivity index (χ0n) is 11.7. The molecule has 1 aromatic rings. The van der Waals surface area contributed by atoms with E-state index in [9.17, 15) is 0 Å². The van der Waals surface area contributed by atoms with Crippen molar-refractivity contribution in [2.24, 2.45) is 0 Å². The van der Waals surface area contributed by atoms with E-state index < -0.39 is 0 Å². The first kappa shape index (κ1) is 17.1. The van der Waals surface area contributed by atoms with Gasteiger partial charge in [-0.05, 0) is 25.5 Å². The molecule has 0 aliphatic rings. The van der Waals surface area contributed by atoms with Gasteiger partial charge in [-0.2, -0.15) is 0 Å². The third kappa shape index (κ3) is 5.54. The molecule has 0 saturated heterocycles. The van der Waals surface area contributed by atoms with Gasteiger partial charge in [0.1, 0.15) is 0 Å². The molecule has 0 aromatic heterocycles. The number of aryl methyl sites for hydroxylation is 1. The maximum atomic E-state index is 7.51. The normalized spacial score (nSPS) is 7.94. The Kier molecular flexibility index (Phi) is 10.9. The van der Waals surface area contributed by atoms with E-state index in [1.54, 1.807) is 6.92 Å². The molecule has 0 aliphatic heterocycles. The second-order valence-corrected chi connectivity index (χ2v) is 2.92. The van der Waals surface area contributed by atoms with Crippen LogP contribution in [0, 0.1) is 12.3 Å². The minimum atomic E-state index is 0.597. The summed E-state index contributed by atoms with van der Waals surface area (Å²) in [5.74, 6) is 0. The van der Waals surface area contributed by atoms with Gasteiger partial charge in [0, 0.05) is 24.0 Å². The van der Waals surface area contributed by atoms with Gasteiger partial charge in [0.05, 0.1) is 0 Å². The van der Waals surface area contributed by atoms with E-state index in [1.807, 2.05) is 59.9 Å². The molecule has 1 aromatic carbocycles. The maximum Gasteiger partial charge on any atom is 0.0431 e. The molecular formula is C14H26N2. The van der Waals surface area contributed by atoms with Gasteiger partial charge in [0.25, 0.3) is 0 Å². The number of hydrogen-bond acceptors (Lipinski definition) is 2. The lowest BCUT2D eigenvalue weighted by molar-refractivity contribution is 1.39. The van der Waals surface area contributed by atoms with Crippen LogP contribution in [0.1, 0.15) is 45.7 Å². The molecule has 0 bridgehead atoms. The van der Waals surface area contributed by atoms with E-state index in [-0.39, 0.29) is 0 Å². The first-order valence-corrected chi connectivity index (χ1v) is 5.99. The lowest BCUT2D eigenvalue weighted by Gasteiger charge is -2.08. The summed E-state index contributed by atoms with van der Waals surface area (Å²) in [5.41, 5.74) is 3.81. The standard InChI is InChI=1S/C10H14N2.2C2H6/c1-7-4-5-9(8(2)11)10(6-7)12-3;2*1-2/h4-6,11-12H,1-3H3;2*1-2H3. The van der Waals surface area contributed by atoms with Crippen LogP contribution in [0.3, 0.4) is 0 Å². The van der Waals surface area contributed by atoms with Crippen LogP contribution in [0.25, 0.3) is 0 Å². The lowest BCUT2D eigenvalue weighted by atomic mass is 10.1. The third-order valence-electron chi connectivity index (χ3n) is 1.85. The Hall–Kier alpha value is -1.31. The van der Waals surface area contributed by atoms with E-state index in [2.05, 4.69) is 5.32 Å². The molecule has 0 fully saturated rings. The van der Waals surface area contributed by atoms with Gasteiger partial charge in [-0.25, -0.2) is 0 Å². The predicted octanol–water partition coefficient (Wildman–Crippen LogP) is 4.48. The van der Waals surface area contributed by atoms with Gasteiger partial charge in [-0.1, -0.05) is 39.8 Å². The molecule has 0 saturated carbocycles. The Labute approximate surface area is 101 Å². The third-order valence-corrected chi connectivity index (χ3v) is 1.85. The highest BCUT2D eigenvalue weighted by atomic mass is 14.8. The van der Waals surface area contributed by atoms with E-state index >= 15 is 0 Å². The van der Waals surface area contributed by atoms with Crippen LogP contribution in [0.15, 0.2) is 18.2 Å². The van der Waals surface area contributed by atoms with Crippen molar-refractivity contribution in [3.63, 3.8) is 0 Å². The fourth-order valence-corrected chi connectivity index (χ4v) is 1.19. The molecule has 0 amide bonds. The number of hydrogen-bond donors (Lipinski definition) is 2. The summed E-state index contributed by atoms with van der Waals surface area (Å²) in [5, 5.41) is 10.6. The Morgan fingerprint density at radius 3 is 2.00 bits per heavy atom. The summed E-state index contributed by atoms with van der Waals surface area (Å²) >= 11 is 0. The van der Waals surface area contributed by atoms with Crippen molar-refractivity contribution in [1.82, 2.24) is 0 Å². The van der Waals surface area contributed by atoms with Gasteiger partial charge < -0.3 is 10.7 Å². The summed E-state index contributed by atoms with van der Waals surface area (Å²) in [7, 11) is 1.88. The van der Waals surface area contributed by atoms with Gasteiger partial charge in [-0.15, -0.1) is 0 Å². The van der Waals surface area contributed by atoms with Crippen LogP contribution in [0.5, 0.6) is 0 Å². The zero-order valence-corrected chi connectivity index (χ0v) is 11.7. The smallest absolute Gasteiger partial charge is 0.0431 e. The lowest BCUT2D eigenvalue weighted by Crippen LogP contribution is -2.00. The second-order valence-electron chi connectivity index (χ2n) is 2.92. The van der Waals surface area contributed by atoms with Gasteiger partial charge in [0.2, 0.25) is 0 Å². The van der Waals surface area contributed by atoms with Crippen molar-refractivity contribution in [2.75, 3.05) is 12.4 Å². The first-order valence-electron chi connectivity index (χ1n) is 5.99. The fourth-order valence-electron chi connectivity index (χ4n) is 1.19. The number of rotatable bonds is 2. The van der Waals surface area contributed by atoms with Crippen molar-refractivity contribution in [1.29, 1.82) is 5.41 Å². The summed E-state index contributed by atoms with van der Waals surface area (Å²) in [6.07, 6.45) is 0. The van der Waals surface area contributed by atoms with E-state index in [4.69, 9.17) is 5.41 Å². The van der Waals surface area contributed by atoms with Crippen LogP contribution < -0.4 is 5.32 Å². The summed E-state index contributed by atoms with van der Waals surface area (Å²) < 4.78 is 0. The summed E-state index contributed by atoms with van der Waals surface area (Å²) in [6, 6.07) is 6.05. The van der Waals surface area contributed by atoms with Gasteiger partial charge in [0.15, 0.2) is 0 Å². The van der Waals surface area contributed by atoms with Crippen LogP contribution >= 0.6 is 0 Å². The second kappa shape index (κ2) is 10.2. The van der Waals surface area contributed by atoms with Gasteiger partial charge in [-0.3, -0.25) is 0 Å². The molecule has 0 spiro atoms. The number of nitrogens with one attached hydrogen (secondary N) is 2. The molecule has 2 N–H and O–H groups in total. The van der Waals surface area contributed by atoms with Crippen molar-refractivity contribution < 1.29 is 0 Å². The van der Waals surface area contributed by atoms with Crippen LogP contribution in [-0.2, 0) is 0 Å². The van der Waals surface area contributed by atoms with E-state index in [1.165, 1.54) is 5.56 Å². The number of benzene rings is 1. The highest BCUT2D eigenvalue weighted by molar-refractivity contribution is 6.01. The quantitative estimate of drug-likeness (QED) is 0.711.